The van der Waals surface area contributed by atoms with Gasteiger partial charge in [-0.25, -0.2) is 13.1 Å². The Balaban J connectivity index is 2.95. The number of anilines is 1. The van der Waals surface area contributed by atoms with E-state index in [-0.39, 0.29) is 10.6 Å². The van der Waals surface area contributed by atoms with Gasteiger partial charge < -0.3 is 10.5 Å². The maximum Gasteiger partial charge on any atom is 0.242 e. The first-order valence-corrected chi connectivity index (χ1v) is 6.53. The summed E-state index contributed by atoms with van der Waals surface area (Å²) in [6.07, 6.45) is 2.20. The van der Waals surface area contributed by atoms with E-state index >= 15 is 0 Å². The van der Waals surface area contributed by atoms with E-state index in [1.165, 1.54) is 19.2 Å². The number of rotatable bonds is 6. The van der Waals surface area contributed by atoms with Crippen molar-refractivity contribution in [1.82, 2.24) is 4.72 Å². The van der Waals surface area contributed by atoms with E-state index in [1.54, 1.807) is 12.1 Å². The van der Waals surface area contributed by atoms with Gasteiger partial charge >= 0.3 is 0 Å². The molecule has 3 N–H and O–H groups in total. The van der Waals surface area contributed by atoms with Crippen molar-refractivity contribution < 1.29 is 13.2 Å². The quantitative estimate of drug-likeness (QED) is 0.454. The third kappa shape index (κ3) is 3.47. The van der Waals surface area contributed by atoms with Crippen LogP contribution in [0.25, 0.3) is 0 Å². The monoisotopic (exact) mass is 256 g/mol. The van der Waals surface area contributed by atoms with Crippen molar-refractivity contribution in [3.05, 3.63) is 30.9 Å². The van der Waals surface area contributed by atoms with Crippen LogP contribution in [0.5, 0.6) is 5.75 Å². The maximum absolute atomic E-state index is 11.9. The van der Waals surface area contributed by atoms with E-state index in [0.29, 0.717) is 18.7 Å². The van der Waals surface area contributed by atoms with Gasteiger partial charge in [0.15, 0.2) is 0 Å². The van der Waals surface area contributed by atoms with Crippen LogP contribution in [0.4, 0.5) is 5.69 Å². The van der Waals surface area contributed by atoms with Gasteiger partial charge in [-0.1, -0.05) is 6.08 Å². The van der Waals surface area contributed by atoms with Gasteiger partial charge in [-0.05, 0) is 18.6 Å². The van der Waals surface area contributed by atoms with E-state index in [1.807, 2.05) is 0 Å². The zero-order valence-corrected chi connectivity index (χ0v) is 10.5. The Hall–Kier alpha value is -1.53. The fourth-order valence-electron chi connectivity index (χ4n) is 1.27. The smallest absolute Gasteiger partial charge is 0.242 e. The molecule has 5 nitrogen and oxygen atoms in total. The van der Waals surface area contributed by atoms with Crippen LogP contribution in [-0.2, 0) is 10.0 Å². The Morgan fingerprint density at radius 3 is 2.76 bits per heavy atom. The molecule has 0 unspecified atom stereocenters. The van der Waals surface area contributed by atoms with Crippen molar-refractivity contribution in [1.29, 1.82) is 0 Å². The Morgan fingerprint density at radius 1 is 1.53 bits per heavy atom. The number of hydrogen-bond acceptors (Lipinski definition) is 4. The van der Waals surface area contributed by atoms with Crippen LogP contribution < -0.4 is 15.2 Å². The third-order valence-electron chi connectivity index (χ3n) is 2.15. The molecule has 0 radical (unpaired) electrons. The zero-order valence-electron chi connectivity index (χ0n) is 9.64. The van der Waals surface area contributed by atoms with E-state index in [9.17, 15) is 8.42 Å². The number of ether oxygens (including phenoxy) is 1. The molecule has 0 saturated carbocycles. The molecule has 0 aliphatic rings. The lowest BCUT2D eigenvalue weighted by atomic mass is 10.3. The number of nitrogens with one attached hydrogen (secondary N) is 1. The van der Waals surface area contributed by atoms with Crippen LogP contribution in [0.1, 0.15) is 6.42 Å². The van der Waals surface area contributed by atoms with Crippen molar-refractivity contribution in [2.24, 2.45) is 0 Å². The van der Waals surface area contributed by atoms with Crippen LogP contribution in [0.15, 0.2) is 35.7 Å². The largest absolute Gasteiger partial charge is 0.497 e. The Morgan fingerprint density at radius 2 is 2.24 bits per heavy atom. The third-order valence-corrected chi connectivity index (χ3v) is 3.68. The van der Waals surface area contributed by atoms with E-state index < -0.39 is 10.0 Å². The molecule has 1 aromatic carbocycles. The summed E-state index contributed by atoms with van der Waals surface area (Å²) in [6, 6.07) is 4.45. The van der Waals surface area contributed by atoms with Gasteiger partial charge in [0.1, 0.15) is 10.6 Å². The van der Waals surface area contributed by atoms with Crippen molar-refractivity contribution in [2.45, 2.75) is 11.3 Å². The van der Waals surface area contributed by atoms with Crippen molar-refractivity contribution in [3.63, 3.8) is 0 Å². The van der Waals surface area contributed by atoms with Gasteiger partial charge in [-0.2, -0.15) is 0 Å². The highest BCUT2D eigenvalue weighted by atomic mass is 32.2. The molecule has 1 rings (SSSR count). The van der Waals surface area contributed by atoms with Crippen molar-refractivity contribution >= 4 is 15.7 Å². The van der Waals surface area contributed by atoms with E-state index in [0.717, 1.165) is 0 Å². The summed E-state index contributed by atoms with van der Waals surface area (Å²) in [5, 5.41) is 0. The summed E-state index contributed by atoms with van der Waals surface area (Å²) < 4.78 is 31.1. The van der Waals surface area contributed by atoms with Crippen molar-refractivity contribution in [3.8, 4) is 5.75 Å². The molecule has 1 aromatic rings. The summed E-state index contributed by atoms with van der Waals surface area (Å²) in [5.41, 5.74) is 5.83. The minimum Gasteiger partial charge on any atom is -0.497 e. The molecule has 0 aromatic heterocycles. The first kappa shape index (κ1) is 13.5. The van der Waals surface area contributed by atoms with Gasteiger partial charge in [0.05, 0.1) is 12.8 Å². The molecular weight excluding hydrogens is 240 g/mol. The fourth-order valence-corrected chi connectivity index (χ4v) is 2.43. The lowest BCUT2D eigenvalue weighted by Crippen LogP contribution is -2.25. The van der Waals surface area contributed by atoms with Crippen LogP contribution in [0, 0.1) is 0 Å². The molecular formula is C11H16N2O3S. The van der Waals surface area contributed by atoms with Gasteiger partial charge in [-0.15, -0.1) is 6.58 Å². The molecule has 0 bridgehead atoms. The van der Waals surface area contributed by atoms with Crippen LogP contribution >= 0.6 is 0 Å². The number of sulfonamides is 1. The second-order valence-corrected chi connectivity index (χ2v) is 5.11. The molecule has 17 heavy (non-hydrogen) atoms. The minimum absolute atomic E-state index is 0.0577. The first-order valence-electron chi connectivity index (χ1n) is 5.05. The highest BCUT2D eigenvalue weighted by molar-refractivity contribution is 7.89. The molecule has 0 amide bonds. The number of nitrogen functional groups attached to an aromatic ring is 1. The van der Waals surface area contributed by atoms with Crippen LogP contribution in [0.3, 0.4) is 0 Å². The summed E-state index contributed by atoms with van der Waals surface area (Å²) in [5.74, 6) is 0.521. The predicted molar refractivity (Wildman–Crippen MR) is 67.4 cm³/mol. The second-order valence-electron chi connectivity index (χ2n) is 3.38. The van der Waals surface area contributed by atoms with Crippen molar-refractivity contribution in [2.75, 3.05) is 19.4 Å². The predicted octanol–water partition coefficient (Wildman–Crippen LogP) is 1.13. The molecule has 0 fully saturated rings. The fraction of sp³-hybridized carbons (Fsp3) is 0.273. The average Bonchev–Trinajstić information content (AvgIpc) is 2.28. The molecule has 0 spiro atoms. The number of benzene rings is 1. The molecule has 0 heterocycles. The summed E-state index contributed by atoms with van der Waals surface area (Å²) in [6.45, 7) is 3.82. The SMILES string of the molecule is C=CCCNS(=O)(=O)c1ccc(OC)cc1N. The zero-order chi connectivity index (χ0) is 12.9. The molecule has 0 atom stereocenters. The summed E-state index contributed by atoms with van der Waals surface area (Å²) in [7, 11) is -2.08. The van der Waals surface area contributed by atoms with Gasteiger partial charge in [0.2, 0.25) is 10.0 Å². The first-order chi connectivity index (χ1) is 8.01. The molecule has 94 valence electrons. The maximum atomic E-state index is 11.9. The van der Waals surface area contributed by atoms with Gasteiger partial charge in [-0.3, -0.25) is 0 Å². The standard InChI is InChI=1S/C11H16N2O3S/c1-3-4-7-13-17(14,15)11-6-5-9(16-2)8-10(11)12/h3,5-6,8,13H,1,4,7,12H2,2H3. The van der Waals surface area contributed by atoms with Gasteiger partial charge in [0.25, 0.3) is 0 Å². The second kappa shape index (κ2) is 5.70. The Bertz CT molecular complexity index is 497. The Labute approximate surface area is 101 Å². The number of hydrogen-bond donors (Lipinski definition) is 2. The minimum atomic E-state index is -3.57. The van der Waals surface area contributed by atoms with Crippen LogP contribution in [-0.4, -0.2) is 22.1 Å². The average molecular weight is 256 g/mol. The number of nitrogens with two attached hydrogens (primary N) is 1. The lowest BCUT2D eigenvalue weighted by Gasteiger charge is -2.09. The summed E-state index contributed by atoms with van der Waals surface area (Å²) >= 11 is 0. The topological polar surface area (TPSA) is 81.4 Å². The normalized spacial score (nSPS) is 11.1. The van der Waals surface area contributed by atoms with E-state index in [2.05, 4.69) is 11.3 Å². The molecule has 0 aliphatic heterocycles. The number of methoxy groups -OCH3 is 1. The van der Waals surface area contributed by atoms with Crippen LogP contribution in [0.2, 0.25) is 0 Å². The molecule has 6 heteroatoms. The highest BCUT2D eigenvalue weighted by Gasteiger charge is 2.16. The molecule has 0 aliphatic carbocycles. The van der Waals surface area contributed by atoms with Gasteiger partial charge in [0, 0.05) is 12.6 Å². The molecule has 0 saturated heterocycles. The highest BCUT2D eigenvalue weighted by Crippen LogP contribution is 2.23. The summed E-state index contributed by atoms with van der Waals surface area (Å²) in [4.78, 5) is 0.0577. The lowest BCUT2D eigenvalue weighted by molar-refractivity contribution is 0.414. The Kier molecular flexibility index (Phi) is 4.53. The van der Waals surface area contributed by atoms with E-state index in [4.69, 9.17) is 10.5 Å².